The van der Waals surface area contributed by atoms with E-state index in [9.17, 15) is 0 Å². The van der Waals surface area contributed by atoms with Crippen molar-refractivity contribution in [3.05, 3.63) is 29.8 Å². The Balaban J connectivity index is 2.61. The Labute approximate surface area is 97.8 Å². The molecular weight excluding hydrogens is 200 g/mol. The molecule has 1 rings (SSSR count). The van der Waals surface area contributed by atoms with E-state index < -0.39 is 0 Å². The van der Waals surface area contributed by atoms with Crippen molar-refractivity contribution >= 4 is 0 Å². The van der Waals surface area contributed by atoms with Crippen molar-refractivity contribution in [3.63, 3.8) is 0 Å². The van der Waals surface area contributed by atoms with Gasteiger partial charge in [-0.1, -0.05) is 19.1 Å². The molecule has 0 amide bonds. The van der Waals surface area contributed by atoms with Gasteiger partial charge in [0.15, 0.2) is 0 Å². The van der Waals surface area contributed by atoms with Crippen molar-refractivity contribution in [1.29, 1.82) is 0 Å². The maximum Gasteiger partial charge on any atom is 0.118 e. The van der Waals surface area contributed by atoms with Crippen LogP contribution in [0.15, 0.2) is 24.3 Å². The highest BCUT2D eigenvalue weighted by Gasteiger charge is 2.12. The predicted octanol–water partition coefficient (Wildman–Crippen LogP) is 1.72. The summed E-state index contributed by atoms with van der Waals surface area (Å²) in [4.78, 5) is 0. The van der Waals surface area contributed by atoms with E-state index in [-0.39, 0.29) is 0 Å². The van der Waals surface area contributed by atoms with Crippen LogP contribution in [0.5, 0.6) is 5.75 Å². The lowest BCUT2D eigenvalue weighted by atomic mass is 9.90. The van der Waals surface area contributed by atoms with Crippen LogP contribution in [0.25, 0.3) is 0 Å². The third-order valence-electron chi connectivity index (χ3n) is 3.04. The molecule has 0 aromatic heterocycles. The van der Waals surface area contributed by atoms with E-state index in [0.29, 0.717) is 24.9 Å². The predicted molar refractivity (Wildman–Crippen MR) is 67.6 cm³/mol. The van der Waals surface area contributed by atoms with Gasteiger partial charge in [0.05, 0.1) is 7.11 Å². The summed E-state index contributed by atoms with van der Waals surface area (Å²) >= 11 is 0. The summed E-state index contributed by atoms with van der Waals surface area (Å²) in [5.74, 6) is 1.80. The zero-order chi connectivity index (χ0) is 12.0. The number of nitrogens with two attached hydrogens (primary N) is 2. The van der Waals surface area contributed by atoms with Crippen LogP contribution in [0.1, 0.15) is 24.8 Å². The molecule has 0 radical (unpaired) electrons. The van der Waals surface area contributed by atoms with Gasteiger partial charge in [-0.05, 0) is 49.0 Å². The second-order valence-electron chi connectivity index (χ2n) is 4.25. The molecule has 1 aromatic rings. The van der Waals surface area contributed by atoms with Crippen LogP contribution in [0.4, 0.5) is 0 Å². The highest BCUT2D eigenvalue weighted by Crippen LogP contribution is 2.24. The van der Waals surface area contributed by atoms with Crippen LogP contribution in [-0.2, 0) is 0 Å². The number of benzene rings is 1. The lowest BCUT2D eigenvalue weighted by Gasteiger charge is -2.18. The van der Waals surface area contributed by atoms with E-state index in [4.69, 9.17) is 16.2 Å². The Morgan fingerprint density at radius 2 is 1.69 bits per heavy atom. The average molecular weight is 222 g/mol. The van der Waals surface area contributed by atoms with E-state index in [1.165, 1.54) is 5.56 Å². The third kappa shape index (κ3) is 3.51. The maximum atomic E-state index is 5.66. The molecule has 0 spiro atoms. The zero-order valence-corrected chi connectivity index (χ0v) is 10.1. The fourth-order valence-corrected chi connectivity index (χ4v) is 1.86. The van der Waals surface area contributed by atoms with Crippen LogP contribution >= 0.6 is 0 Å². The molecule has 0 fully saturated rings. The molecule has 3 heteroatoms. The molecule has 16 heavy (non-hydrogen) atoms. The number of ether oxygens (including phenoxy) is 1. The first-order chi connectivity index (χ1) is 7.71. The van der Waals surface area contributed by atoms with Crippen molar-refractivity contribution in [2.24, 2.45) is 17.4 Å². The Morgan fingerprint density at radius 3 is 2.12 bits per heavy atom. The van der Waals surface area contributed by atoms with Gasteiger partial charge in [-0.15, -0.1) is 0 Å². The highest BCUT2D eigenvalue weighted by molar-refractivity contribution is 5.29. The fraction of sp³-hybridized carbons (Fsp3) is 0.538. The number of rotatable bonds is 6. The Bertz CT molecular complexity index is 293. The van der Waals surface area contributed by atoms with Gasteiger partial charge >= 0.3 is 0 Å². The molecule has 0 saturated carbocycles. The number of methoxy groups -OCH3 is 1. The normalized spacial score (nSPS) is 12.8. The first-order valence-corrected chi connectivity index (χ1v) is 5.75. The van der Waals surface area contributed by atoms with Crippen LogP contribution in [0, 0.1) is 5.92 Å². The van der Waals surface area contributed by atoms with Gasteiger partial charge < -0.3 is 16.2 Å². The smallest absolute Gasteiger partial charge is 0.118 e. The van der Waals surface area contributed by atoms with Crippen molar-refractivity contribution in [1.82, 2.24) is 0 Å². The number of hydrogen-bond donors (Lipinski definition) is 2. The second kappa shape index (κ2) is 6.51. The molecular formula is C13H22N2O. The molecule has 1 atom stereocenters. The molecule has 90 valence electrons. The van der Waals surface area contributed by atoms with Gasteiger partial charge in [-0.25, -0.2) is 0 Å². The monoisotopic (exact) mass is 222 g/mol. The Hall–Kier alpha value is -1.06. The third-order valence-corrected chi connectivity index (χ3v) is 3.04. The van der Waals surface area contributed by atoms with Gasteiger partial charge in [0.25, 0.3) is 0 Å². The van der Waals surface area contributed by atoms with Gasteiger partial charge in [0.2, 0.25) is 0 Å². The fourth-order valence-electron chi connectivity index (χ4n) is 1.86. The summed E-state index contributed by atoms with van der Waals surface area (Å²) in [5.41, 5.74) is 12.6. The van der Waals surface area contributed by atoms with Gasteiger partial charge in [0, 0.05) is 0 Å². The molecule has 0 aliphatic heterocycles. The van der Waals surface area contributed by atoms with E-state index in [1.54, 1.807) is 7.11 Å². The second-order valence-corrected chi connectivity index (χ2v) is 4.25. The summed E-state index contributed by atoms with van der Waals surface area (Å²) in [6, 6.07) is 8.19. The van der Waals surface area contributed by atoms with E-state index in [0.717, 1.165) is 12.2 Å². The lowest BCUT2D eigenvalue weighted by Crippen LogP contribution is -2.24. The van der Waals surface area contributed by atoms with E-state index >= 15 is 0 Å². The van der Waals surface area contributed by atoms with E-state index in [1.807, 2.05) is 12.1 Å². The Morgan fingerprint density at radius 1 is 1.12 bits per heavy atom. The molecule has 0 aliphatic rings. The maximum absolute atomic E-state index is 5.66. The minimum atomic E-state index is 0.414. The molecule has 1 aromatic carbocycles. The SMILES string of the molecule is COc1ccc(C(C)CC(CN)CN)cc1. The minimum Gasteiger partial charge on any atom is -0.497 e. The average Bonchev–Trinajstić information content (AvgIpc) is 2.35. The summed E-state index contributed by atoms with van der Waals surface area (Å²) in [5, 5.41) is 0. The Kier molecular flexibility index (Phi) is 5.29. The first kappa shape index (κ1) is 13.0. The number of hydrogen-bond acceptors (Lipinski definition) is 3. The lowest BCUT2D eigenvalue weighted by molar-refractivity contribution is 0.414. The van der Waals surface area contributed by atoms with E-state index in [2.05, 4.69) is 19.1 Å². The van der Waals surface area contributed by atoms with Gasteiger partial charge in [-0.2, -0.15) is 0 Å². The van der Waals surface area contributed by atoms with Crippen LogP contribution < -0.4 is 16.2 Å². The van der Waals surface area contributed by atoms with Crippen molar-refractivity contribution < 1.29 is 4.74 Å². The van der Waals surface area contributed by atoms with Crippen molar-refractivity contribution in [2.75, 3.05) is 20.2 Å². The quantitative estimate of drug-likeness (QED) is 0.770. The van der Waals surface area contributed by atoms with Crippen LogP contribution in [0.2, 0.25) is 0 Å². The van der Waals surface area contributed by atoms with Gasteiger partial charge in [0.1, 0.15) is 5.75 Å². The summed E-state index contributed by atoms with van der Waals surface area (Å²) in [7, 11) is 1.68. The first-order valence-electron chi connectivity index (χ1n) is 5.75. The molecule has 0 bridgehead atoms. The summed E-state index contributed by atoms with van der Waals surface area (Å²) in [6.45, 7) is 3.54. The minimum absolute atomic E-state index is 0.414. The van der Waals surface area contributed by atoms with Gasteiger partial charge in [-0.3, -0.25) is 0 Å². The standard InChI is InChI=1S/C13H22N2O/c1-10(7-11(8-14)9-15)12-3-5-13(16-2)6-4-12/h3-6,10-11H,7-9,14-15H2,1-2H3. The zero-order valence-electron chi connectivity index (χ0n) is 10.1. The highest BCUT2D eigenvalue weighted by atomic mass is 16.5. The van der Waals surface area contributed by atoms with Crippen LogP contribution in [-0.4, -0.2) is 20.2 Å². The molecule has 1 unspecified atom stereocenters. The summed E-state index contributed by atoms with van der Waals surface area (Å²) in [6.07, 6.45) is 1.04. The van der Waals surface area contributed by atoms with Crippen molar-refractivity contribution in [2.45, 2.75) is 19.3 Å². The topological polar surface area (TPSA) is 61.3 Å². The molecule has 0 heterocycles. The summed E-state index contributed by atoms with van der Waals surface area (Å²) < 4.78 is 5.13. The molecule has 0 saturated heterocycles. The molecule has 4 N–H and O–H groups in total. The molecule has 0 aliphatic carbocycles. The van der Waals surface area contributed by atoms with Crippen LogP contribution in [0.3, 0.4) is 0 Å². The van der Waals surface area contributed by atoms with Crippen molar-refractivity contribution in [3.8, 4) is 5.75 Å². The largest absolute Gasteiger partial charge is 0.497 e. The molecule has 3 nitrogen and oxygen atoms in total.